The molecule has 0 aliphatic heterocycles. The number of nitrogens with two attached hydrogens (primary N) is 1. The largest absolute Gasteiger partial charge is 0.495 e. The second-order valence-corrected chi connectivity index (χ2v) is 5.60. The van der Waals surface area contributed by atoms with E-state index in [9.17, 15) is 0 Å². The highest BCUT2D eigenvalue weighted by Gasteiger charge is 2.25. The van der Waals surface area contributed by atoms with Gasteiger partial charge >= 0.3 is 0 Å². The van der Waals surface area contributed by atoms with Gasteiger partial charge in [0.2, 0.25) is 0 Å². The first-order valence-electron chi connectivity index (χ1n) is 7.32. The van der Waals surface area contributed by atoms with E-state index >= 15 is 0 Å². The highest BCUT2D eigenvalue weighted by Crippen LogP contribution is 2.42. The zero-order valence-electron chi connectivity index (χ0n) is 12.4. The van der Waals surface area contributed by atoms with Crippen LogP contribution in [0.5, 0.6) is 5.75 Å². The SMILES string of the molecule is COc1ccc2c3c(c(-c4ccccc4)[nH]c13)CCC2N.Cl. The zero-order chi connectivity index (χ0) is 14.4. The lowest BCUT2D eigenvalue weighted by Crippen LogP contribution is -2.15. The van der Waals surface area contributed by atoms with Crippen molar-refractivity contribution in [3.05, 3.63) is 53.6 Å². The van der Waals surface area contributed by atoms with E-state index < -0.39 is 0 Å². The Labute approximate surface area is 135 Å². The molecular formula is C18H19ClN2O. The molecule has 0 saturated heterocycles. The minimum Gasteiger partial charge on any atom is -0.495 e. The fourth-order valence-corrected chi connectivity index (χ4v) is 3.41. The summed E-state index contributed by atoms with van der Waals surface area (Å²) >= 11 is 0. The van der Waals surface area contributed by atoms with Crippen LogP contribution in [-0.2, 0) is 6.42 Å². The molecule has 1 aliphatic rings. The van der Waals surface area contributed by atoms with Gasteiger partial charge in [0.1, 0.15) is 5.75 Å². The molecule has 1 heterocycles. The quantitative estimate of drug-likeness (QED) is 0.744. The highest BCUT2D eigenvalue weighted by atomic mass is 35.5. The molecule has 22 heavy (non-hydrogen) atoms. The molecule has 3 nitrogen and oxygen atoms in total. The Morgan fingerprint density at radius 1 is 1.14 bits per heavy atom. The van der Waals surface area contributed by atoms with Gasteiger partial charge in [-0.05, 0) is 35.6 Å². The van der Waals surface area contributed by atoms with Gasteiger partial charge in [-0.2, -0.15) is 0 Å². The summed E-state index contributed by atoms with van der Waals surface area (Å²) in [6.07, 6.45) is 2.00. The van der Waals surface area contributed by atoms with Crippen LogP contribution in [0.3, 0.4) is 0 Å². The monoisotopic (exact) mass is 314 g/mol. The van der Waals surface area contributed by atoms with Crippen molar-refractivity contribution in [2.45, 2.75) is 18.9 Å². The Hall–Kier alpha value is -1.97. The van der Waals surface area contributed by atoms with Crippen LogP contribution in [0.4, 0.5) is 0 Å². The van der Waals surface area contributed by atoms with Crippen LogP contribution in [0.1, 0.15) is 23.6 Å². The van der Waals surface area contributed by atoms with E-state index in [1.54, 1.807) is 7.11 Å². The van der Waals surface area contributed by atoms with Crippen LogP contribution in [0.25, 0.3) is 22.2 Å². The van der Waals surface area contributed by atoms with Gasteiger partial charge in [-0.25, -0.2) is 0 Å². The topological polar surface area (TPSA) is 51.0 Å². The summed E-state index contributed by atoms with van der Waals surface area (Å²) in [5, 5.41) is 1.26. The number of aromatic nitrogens is 1. The summed E-state index contributed by atoms with van der Waals surface area (Å²) in [4.78, 5) is 3.57. The van der Waals surface area contributed by atoms with E-state index in [1.165, 1.54) is 27.8 Å². The van der Waals surface area contributed by atoms with Crippen LogP contribution in [0.2, 0.25) is 0 Å². The number of methoxy groups -OCH3 is 1. The normalized spacial score (nSPS) is 16.4. The van der Waals surface area contributed by atoms with Crippen LogP contribution >= 0.6 is 12.4 Å². The number of halogens is 1. The van der Waals surface area contributed by atoms with Crippen molar-refractivity contribution in [2.24, 2.45) is 5.73 Å². The number of nitrogens with one attached hydrogen (secondary N) is 1. The van der Waals surface area contributed by atoms with Gasteiger partial charge in [0.05, 0.1) is 12.6 Å². The van der Waals surface area contributed by atoms with E-state index in [2.05, 4.69) is 35.3 Å². The summed E-state index contributed by atoms with van der Waals surface area (Å²) in [6.45, 7) is 0. The van der Waals surface area contributed by atoms with Crippen molar-refractivity contribution in [3.8, 4) is 17.0 Å². The minimum atomic E-state index is 0. The van der Waals surface area contributed by atoms with Crippen LogP contribution in [0, 0.1) is 0 Å². The van der Waals surface area contributed by atoms with Crippen LogP contribution in [-0.4, -0.2) is 12.1 Å². The smallest absolute Gasteiger partial charge is 0.142 e. The molecule has 0 radical (unpaired) electrons. The third-order valence-electron chi connectivity index (χ3n) is 4.44. The van der Waals surface area contributed by atoms with Gasteiger partial charge in [0.15, 0.2) is 0 Å². The highest BCUT2D eigenvalue weighted by molar-refractivity contribution is 5.97. The summed E-state index contributed by atoms with van der Waals surface area (Å²) in [5.74, 6) is 0.881. The van der Waals surface area contributed by atoms with Crippen molar-refractivity contribution in [1.82, 2.24) is 4.98 Å². The average Bonchev–Trinajstić information content (AvgIpc) is 2.92. The lowest BCUT2D eigenvalue weighted by atomic mass is 9.87. The molecule has 1 aliphatic carbocycles. The number of hydrogen-bond donors (Lipinski definition) is 2. The first kappa shape index (κ1) is 14.9. The number of ether oxygens (including phenoxy) is 1. The van der Waals surface area contributed by atoms with Crippen molar-refractivity contribution in [3.63, 3.8) is 0 Å². The molecule has 2 aromatic carbocycles. The zero-order valence-corrected chi connectivity index (χ0v) is 13.2. The standard InChI is InChI=1S/C18H18N2O.ClH/c1-21-15-10-8-12-14(19)9-7-13-16(12)18(15)20-17(13)11-5-3-2-4-6-11;/h2-6,8,10,14,20H,7,9,19H2,1H3;1H. The Balaban J connectivity index is 0.00000144. The van der Waals surface area contributed by atoms with E-state index in [-0.39, 0.29) is 18.4 Å². The van der Waals surface area contributed by atoms with Gasteiger partial charge in [-0.15, -0.1) is 12.4 Å². The van der Waals surface area contributed by atoms with Gasteiger partial charge in [0, 0.05) is 17.1 Å². The van der Waals surface area contributed by atoms with Crippen molar-refractivity contribution in [1.29, 1.82) is 0 Å². The first-order chi connectivity index (χ1) is 10.3. The van der Waals surface area contributed by atoms with Gasteiger partial charge < -0.3 is 15.5 Å². The Morgan fingerprint density at radius 3 is 2.64 bits per heavy atom. The van der Waals surface area contributed by atoms with E-state index in [0.717, 1.165) is 24.1 Å². The molecule has 3 aromatic rings. The Bertz CT molecular complexity index is 811. The number of benzene rings is 2. The molecule has 0 amide bonds. The number of rotatable bonds is 2. The molecule has 0 bridgehead atoms. The molecule has 1 aromatic heterocycles. The van der Waals surface area contributed by atoms with Crippen molar-refractivity contribution in [2.75, 3.05) is 7.11 Å². The molecular weight excluding hydrogens is 296 g/mol. The second kappa shape index (κ2) is 5.67. The number of H-pyrrole nitrogens is 1. The molecule has 114 valence electrons. The predicted molar refractivity (Wildman–Crippen MR) is 92.8 cm³/mol. The van der Waals surface area contributed by atoms with Crippen LogP contribution < -0.4 is 10.5 Å². The van der Waals surface area contributed by atoms with E-state index in [4.69, 9.17) is 10.5 Å². The molecule has 1 atom stereocenters. The maximum Gasteiger partial charge on any atom is 0.142 e. The van der Waals surface area contributed by atoms with Crippen LogP contribution in [0.15, 0.2) is 42.5 Å². The Kier molecular flexibility index (Phi) is 3.85. The molecule has 0 saturated carbocycles. The number of aromatic amines is 1. The molecule has 1 unspecified atom stereocenters. The molecule has 4 rings (SSSR count). The summed E-state index contributed by atoms with van der Waals surface area (Å²) < 4.78 is 5.52. The average molecular weight is 315 g/mol. The van der Waals surface area contributed by atoms with Gasteiger partial charge in [-0.3, -0.25) is 0 Å². The number of hydrogen-bond acceptors (Lipinski definition) is 2. The maximum absolute atomic E-state index is 6.29. The third-order valence-corrected chi connectivity index (χ3v) is 4.44. The van der Waals surface area contributed by atoms with Crippen molar-refractivity contribution >= 4 is 23.3 Å². The van der Waals surface area contributed by atoms with E-state index in [1.807, 2.05) is 12.1 Å². The summed E-state index contributed by atoms with van der Waals surface area (Å²) in [7, 11) is 1.71. The molecule has 0 spiro atoms. The van der Waals surface area contributed by atoms with Crippen molar-refractivity contribution < 1.29 is 4.74 Å². The molecule has 0 fully saturated rings. The maximum atomic E-state index is 6.29. The number of aryl methyl sites for hydroxylation is 1. The summed E-state index contributed by atoms with van der Waals surface area (Å²) in [5.41, 5.74) is 12.4. The van der Waals surface area contributed by atoms with Gasteiger partial charge in [-0.1, -0.05) is 36.4 Å². The molecule has 3 N–H and O–H groups in total. The fourth-order valence-electron chi connectivity index (χ4n) is 3.41. The third kappa shape index (κ3) is 2.09. The first-order valence-corrected chi connectivity index (χ1v) is 7.32. The fraction of sp³-hybridized carbons (Fsp3) is 0.222. The predicted octanol–water partition coefficient (Wildman–Crippen LogP) is 4.21. The lowest BCUT2D eigenvalue weighted by molar-refractivity contribution is 0.419. The molecule has 4 heteroatoms. The van der Waals surface area contributed by atoms with E-state index in [0.29, 0.717) is 0 Å². The minimum absolute atomic E-state index is 0. The Morgan fingerprint density at radius 2 is 1.91 bits per heavy atom. The summed E-state index contributed by atoms with van der Waals surface area (Å²) in [6, 6.07) is 14.7. The second-order valence-electron chi connectivity index (χ2n) is 5.60. The lowest BCUT2D eigenvalue weighted by Gasteiger charge is -2.20. The van der Waals surface area contributed by atoms with Gasteiger partial charge in [0.25, 0.3) is 0 Å².